The summed E-state index contributed by atoms with van der Waals surface area (Å²) in [5.74, 6) is -0.493. The summed E-state index contributed by atoms with van der Waals surface area (Å²) >= 11 is 12.2. The molecule has 0 N–H and O–H groups in total. The SMILES string of the molecule is O=C(OCc1ccccc1Cl)c1ccn(Cc2ccccc2Cl)n1. The number of hydrogen-bond acceptors (Lipinski definition) is 3. The Kier molecular flexibility index (Phi) is 5.18. The second-order valence-corrected chi connectivity index (χ2v) is 5.97. The fourth-order valence-electron chi connectivity index (χ4n) is 2.19. The van der Waals surface area contributed by atoms with Crippen LogP contribution in [-0.4, -0.2) is 15.7 Å². The van der Waals surface area contributed by atoms with Gasteiger partial charge in [0.15, 0.2) is 5.69 Å². The van der Waals surface area contributed by atoms with Gasteiger partial charge in [0.1, 0.15) is 6.61 Å². The van der Waals surface area contributed by atoms with E-state index < -0.39 is 5.97 Å². The molecular formula is C18H14Cl2N2O2. The number of benzene rings is 2. The predicted octanol–water partition coefficient (Wildman–Crippen LogP) is 4.60. The van der Waals surface area contributed by atoms with Gasteiger partial charge in [-0.1, -0.05) is 59.6 Å². The molecule has 3 aromatic rings. The summed E-state index contributed by atoms with van der Waals surface area (Å²) in [6.07, 6.45) is 1.72. The Morgan fingerprint density at radius 2 is 1.58 bits per heavy atom. The van der Waals surface area contributed by atoms with Crippen LogP contribution in [0.25, 0.3) is 0 Å². The molecule has 0 amide bonds. The topological polar surface area (TPSA) is 44.1 Å². The molecule has 0 unspecified atom stereocenters. The van der Waals surface area contributed by atoms with Crippen molar-refractivity contribution >= 4 is 29.2 Å². The maximum Gasteiger partial charge on any atom is 0.359 e. The second-order valence-electron chi connectivity index (χ2n) is 5.16. The van der Waals surface area contributed by atoms with Crippen molar-refractivity contribution in [2.75, 3.05) is 0 Å². The number of hydrogen-bond donors (Lipinski definition) is 0. The smallest absolute Gasteiger partial charge is 0.359 e. The molecule has 24 heavy (non-hydrogen) atoms. The van der Waals surface area contributed by atoms with Crippen molar-refractivity contribution in [1.82, 2.24) is 9.78 Å². The van der Waals surface area contributed by atoms with Gasteiger partial charge in [-0.3, -0.25) is 4.68 Å². The van der Waals surface area contributed by atoms with Crippen LogP contribution in [0.3, 0.4) is 0 Å². The molecule has 0 saturated heterocycles. The molecule has 1 aromatic heterocycles. The Hall–Kier alpha value is -2.30. The van der Waals surface area contributed by atoms with Crippen molar-refractivity contribution in [1.29, 1.82) is 0 Å². The summed E-state index contributed by atoms with van der Waals surface area (Å²) in [6.45, 7) is 0.591. The molecule has 0 aliphatic rings. The van der Waals surface area contributed by atoms with Crippen LogP contribution in [0.4, 0.5) is 0 Å². The Bertz CT molecular complexity index is 861. The zero-order valence-electron chi connectivity index (χ0n) is 12.7. The van der Waals surface area contributed by atoms with Gasteiger partial charge in [-0.25, -0.2) is 4.79 Å². The third-order valence-corrected chi connectivity index (χ3v) is 4.19. The van der Waals surface area contributed by atoms with Gasteiger partial charge in [-0.15, -0.1) is 0 Å². The molecule has 0 fully saturated rings. The molecule has 4 nitrogen and oxygen atoms in total. The Labute approximate surface area is 149 Å². The molecule has 2 aromatic carbocycles. The third-order valence-electron chi connectivity index (χ3n) is 3.46. The lowest BCUT2D eigenvalue weighted by Gasteiger charge is -2.05. The first-order valence-electron chi connectivity index (χ1n) is 7.31. The Balaban J connectivity index is 1.64. The summed E-state index contributed by atoms with van der Waals surface area (Å²) in [7, 11) is 0. The molecule has 0 atom stereocenters. The molecule has 0 saturated carbocycles. The number of rotatable bonds is 5. The van der Waals surface area contributed by atoms with Crippen molar-refractivity contribution in [2.45, 2.75) is 13.2 Å². The highest BCUT2D eigenvalue weighted by Crippen LogP contribution is 2.17. The molecule has 0 aliphatic heterocycles. The number of esters is 1. The van der Waals surface area contributed by atoms with Gasteiger partial charge in [-0.05, 0) is 23.8 Å². The zero-order chi connectivity index (χ0) is 16.9. The first kappa shape index (κ1) is 16.6. The van der Waals surface area contributed by atoms with E-state index in [2.05, 4.69) is 5.10 Å². The third kappa shape index (κ3) is 3.96. The van der Waals surface area contributed by atoms with Crippen molar-refractivity contribution in [3.63, 3.8) is 0 Å². The first-order valence-corrected chi connectivity index (χ1v) is 8.06. The minimum Gasteiger partial charge on any atom is -0.456 e. The van der Waals surface area contributed by atoms with E-state index in [0.29, 0.717) is 16.6 Å². The highest BCUT2D eigenvalue weighted by atomic mass is 35.5. The molecule has 1 heterocycles. The predicted molar refractivity (Wildman–Crippen MR) is 93.4 cm³/mol. The average Bonchev–Trinajstić information content (AvgIpc) is 3.05. The quantitative estimate of drug-likeness (QED) is 0.624. The van der Waals surface area contributed by atoms with E-state index in [0.717, 1.165) is 11.1 Å². The summed E-state index contributed by atoms with van der Waals surface area (Å²) in [5.41, 5.74) is 1.93. The number of ether oxygens (including phenoxy) is 1. The van der Waals surface area contributed by atoms with Gasteiger partial charge in [0, 0.05) is 21.8 Å². The number of halogens is 2. The molecule has 0 aliphatic carbocycles. The van der Waals surface area contributed by atoms with Crippen LogP contribution in [0.2, 0.25) is 10.0 Å². The largest absolute Gasteiger partial charge is 0.456 e. The number of aromatic nitrogens is 2. The maximum absolute atomic E-state index is 12.1. The lowest BCUT2D eigenvalue weighted by atomic mass is 10.2. The Morgan fingerprint density at radius 3 is 2.25 bits per heavy atom. The zero-order valence-corrected chi connectivity index (χ0v) is 14.2. The van der Waals surface area contributed by atoms with Crippen LogP contribution in [-0.2, 0) is 17.9 Å². The summed E-state index contributed by atoms with van der Waals surface area (Å²) in [6, 6.07) is 16.4. The van der Waals surface area contributed by atoms with Crippen molar-refractivity contribution < 1.29 is 9.53 Å². The van der Waals surface area contributed by atoms with E-state index >= 15 is 0 Å². The minimum absolute atomic E-state index is 0.107. The van der Waals surface area contributed by atoms with Crippen LogP contribution in [0.1, 0.15) is 21.6 Å². The van der Waals surface area contributed by atoms with E-state index in [1.54, 1.807) is 23.0 Å². The van der Waals surface area contributed by atoms with E-state index in [9.17, 15) is 4.79 Å². The van der Waals surface area contributed by atoms with Crippen molar-refractivity contribution in [2.24, 2.45) is 0 Å². The highest BCUT2D eigenvalue weighted by Gasteiger charge is 2.12. The lowest BCUT2D eigenvalue weighted by molar-refractivity contribution is 0.0465. The van der Waals surface area contributed by atoms with Gasteiger partial charge in [0.05, 0.1) is 6.54 Å². The van der Waals surface area contributed by atoms with E-state index in [-0.39, 0.29) is 12.3 Å². The number of carbonyl (C=O) groups excluding carboxylic acids is 1. The minimum atomic E-state index is -0.493. The molecule has 3 rings (SSSR count). The van der Waals surface area contributed by atoms with Crippen LogP contribution in [0.5, 0.6) is 0 Å². The van der Waals surface area contributed by atoms with Crippen molar-refractivity contribution in [3.8, 4) is 0 Å². The van der Waals surface area contributed by atoms with Gasteiger partial charge in [0.25, 0.3) is 0 Å². The van der Waals surface area contributed by atoms with Crippen LogP contribution in [0, 0.1) is 0 Å². The van der Waals surface area contributed by atoms with Gasteiger partial charge in [-0.2, -0.15) is 5.10 Å². The van der Waals surface area contributed by atoms with Gasteiger partial charge < -0.3 is 4.74 Å². The summed E-state index contributed by atoms with van der Waals surface area (Å²) in [5, 5.41) is 5.46. The molecule has 0 bridgehead atoms. The Morgan fingerprint density at radius 1 is 0.958 bits per heavy atom. The normalized spacial score (nSPS) is 10.6. The molecule has 0 spiro atoms. The molecular weight excluding hydrogens is 347 g/mol. The van der Waals surface area contributed by atoms with Gasteiger partial charge >= 0.3 is 5.97 Å². The average molecular weight is 361 g/mol. The fourth-order valence-corrected chi connectivity index (χ4v) is 2.58. The van der Waals surface area contributed by atoms with Crippen molar-refractivity contribution in [3.05, 3.63) is 87.7 Å². The van der Waals surface area contributed by atoms with Crippen LogP contribution >= 0.6 is 23.2 Å². The summed E-state index contributed by atoms with van der Waals surface area (Å²) in [4.78, 5) is 12.1. The van der Waals surface area contributed by atoms with Crippen LogP contribution in [0.15, 0.2) is 60.8 Å². The molecule has 6 heteroatoms. The fraction of sp³-hybridized carbons (Fsp3) is 0.111. The van der Waals surface area contributed by atoms with E-state index in [1.165, 1.54) is 0 Å². The van der Waals surface area contributed by atoms with Gasteiger partial charge in [0.2, 0.25) is 0 Å². The standard InChI is InChI=1S/C18H14Cl2N2O2/c19-15-7-3-1-5-13(15)11-22-10-9-17(21-22)18(23)24-12-14-6-2-4-8-16(14)20/h1-10H,11-12H2. The number of nitrogens with zero attached hydrogens (tertiary/aromatic N) is 2. The highest BCUT2D eigenvalue weighted by molar-refractivity contribution is 6.31. The molecule has 0 radical (unpaired) electrons. The van der Waals surface area contributed by atoms with E-state index in [4.69, 9.17) is 27.9 Å². The number of carbonyl (C=O) groups is 1. The second kappa shape index (κ2) is 7.51. The lowest BCUT2D eigenvalue weighted by Crippen LogP contribution is -2.08. The first-order chi connectivity index (χ1) is 11.6. The summed E-state index contributed by atoms with van der Waals surface area (Å²) < 4.78 is 6.90. The van der Waals surface area contributed by atoms with E-state index in [1.807, 2.05) is 42.5 Å². The molecule has 122 valence electrons. The monoisotopic (exact) mass is 360 g/mol. The maximum atomic E-state index is 12.1. The van der Waals surface area contributed by atoms with Crippen LogP contribution < -0.4 is 0 Å².